The van der Waals surface area contributed by atoms with E-state index in [1.807, 2.05) is 4.90 Å². The van der Waals surface area contributed by atoms with Gasteiger partial charge in [-0.1, -0.05) is 0 Å². The van der Waals surface area contributed by atoms with Gasteiger partial charge in [0.15, 0.2) is 5.96 Å². The SMILES string of the molecule is CCS(=O)(=O)NCCNC(=NC)NC1CCN(c2ccc(F)cc2F)C1.I. The van der Waals surface area contributed by atoms with Gasteiger partial charge in [0.1, 0.15) is 11.6 Å². The largest absolute Gasteiger partial charge is 0.367 e. The molecule has 1 aliphatic rings. The fourth-order valence-electron chi connectivity index (χ4n) is 2.71. The molecule has 27 heavy (non-hydrogen) atoms. The molecule has 0 radical (unpaired) electrons. The van der Waals surface area contributed by atoms with Crippen LogP contribution in [0.15, 0.2) is 23.2 Å². The lowest BCUT2D eigenvalue weighted by Crippen LogP contribution is -2.46. The number of halogens is 3. The van der Waals surface area contributed by atoms with E-state index in [9.17, 15) is 17.2 Å². The lowest BCUT2D eigenvalue weighted by molar-refractivity contribution is 0.578. The van der Waals surface area contributed by atoms with Gasteiger partial charge in [-0.05, 0) is 25.5 Å². The molecule has 1 aromatic rings. The summed E-state index contributed by atoms with van der Waals surface area (Å²) in [7, 11) is -1.59. The Hall–Kier alpha value is -1.21. The first-order chi connectivity index (χ1) is 12.3. The predicted octanol–water partition coefficient (Wildman–Crippen LogP) is 1.27. The summed E-state index contributed by atoms with van der Waals surface area (Å²) in [6.45, 7) is 3.43. The van der Waals surface area contributed by atoms with E-state index in [0.29, 0.717) is 31.3 Å². The van der Waals surface area contributed by atoms with Crippen molar-refractivity contribution >= 4 is 45.6 Å². The Labute approximate surface area is 176 Å². The number of hydrogen-bond acceptors (Lipinski definition) is 4. The topological polar surface area (TPSA) is 85.8 Å². The van der Waals surface area contributed by atoms with Gasteiger partial charge in [-0.3, -0.25) is 4.99 Å². The summed E-state index contributed by atoms with van der Waals surface area (Å²) in [4.78, 5) is 5.96. The lowest BCUT2D eigenvalue weighted by atomic mass is 10.2. The third-order valence-electron chi connectivity index (χ3n) is 4.12. The fourth-order valence-corrected chi connectivity index (χ4v) is 3.33. The van der Waals surface area contributed by atoms with E-state index in [4.69, 9.17) is 0 Å². The number of guanidine groups is 1. The minimum atomic E-state index is -3.21. The zero-order valence-electron chi connectivity index (χ0n) is 15.3. The molecule has 1 heterocycles. The Bertz CT molecular complexity index is 748. The molecule has 0 saturated carbocycles. The predicted molar refractivity (Wildman–Crippen MR) is 114 cm³/mol. The second-order valence-electron chi connectivity index (χ2n) is 5.97. The summed E-state index contributed by atoms with van der Waals surface area (Å²) in [6.07, 6.45) is 0.778. The van der Waals surface area contributed by atoms with Crippen molar-refractivity contribution < 1.29 is 17.2 Å². The summed E-state index contributed by atoms with van der Waals surface area (Å²) in [5.41, 5.74) is 0.382. The van der Waals surface area contributed by atoms with Crippen molar-refractivity contribution in [2.45, 2.75) is 19.4 Å². The first-order valence-corrected chi connectivity index (χ1v) is 10.1. The molecule has 1 saturated heterocycles. The summed E-state index contributed by atoms with van der Waals surface area (Å²) >= 11 is 0. The molecule has 2 rings (SSSR count). The van der Waals surface area contributed by atoms with Gasteiger partial charge >= 0.3 is 0 Å². The normalized spacial score (nSPS) is 17.6. The maximum atomic E-state index is 13.9. The molecule has 154 valence electrons. The van der Waals surface area contributed by atoms with Crippen molar-refractivity contribution in [3.05, 3.63) is 29.8 Å². The molecule has 1 aliphatic heterocycles. The number of benzene rings is 1. The van der Waals surface area contributed by atoms with Crippen molar-refractivity contribution in [2.24, 2.45) is 4.99 Å². The van der Waals surface area contributed by atoms with Crippen LogP contribution in [-0.4, -0.2) is 59.4 Å². The summed E-state index contributed by atoms with van der Waals surface area (Å²) in [5.74, 6) is -0.579. The Morgan fingerprint density at radius 2 is 2.07 bits per heavy atom. The summed E-state index contributed by atoms with van der Waals surface area (Å²) in [5, 5.41) is 6.27. The van der Waals surface area contributed by atoms with Crippen LogP contribution in [0.4, 0.5) is 14.5 Å². The van der Waals surface area contributed by atoms with Crippen LogP contribution in [-0.2, 0) is 10.0 Å². The Morgan fingerprint density at radius 3 is 2.70 bits per heavy atom. The van der Waals surface area contributed by atoms with E-state index >= 15 is 0 Å². The Morgan fingerprint density at radius 1 is 1.33 bits per heavy atom. The molecular formula is C16H26F2IN5O2S. The summed E-state index contributed by atoms with van der Waals surface area (Å²) in [6, 6.07) is 3.63. The van der Waals surface area contributed by atoms with Gasteiger partial charge in [-0.2, -0.15) is 0 Å². The number of nitrogens with one attached hydrogen (secondary N) is 3. The fraction of sp³-hybridized carbons (Fsp3) is 0.562. The molecule has 1 aromatic carbocycles. The quantitative estimate of drug-likeness (QED) is 0.220. The number of nitrogens with zero attached hydrogens (tertiary/aromatic N) is 2. The molecular weight excluding hydrogens is 491 g/mol. The van der Waals surface area contributed by atoms with Crippen LogP contribution >= 0.6 is 24.0 Å². The molecule has 1 atom stereocenters. The third kappa shape index (κ3) is 7.37. The van der Waals surface area contributed by atoms with Crippen LogP contribution in [0.1, 0.15) is 13.3 Å². The molecule has 0 amide bonds. The first-order valence-electron chi connectivity index (χ1n) is 8.49. The summed E-state index contributed by atoms with van der Waals surface area (Å²) < 4.78 is 52.1. The van der Waals surface area contributed by atoms with E-state index in [1.54, 1.807) is 14.0 Å². The molecule has 0 aromatic heterocycles. The highest BCUT2D eigenvalue weighted by molar-refractivity contribution is 14.0. The zero-order valence-corrected chi connectivity index (χ0v) is 18.5. The monoisotopic (exact) mass is 517 g/mol. The highest BCUT2D eigenvalue weighted by Crippen LogP contribution is 2.24. The van der Waals surface area contributed by atoms with Crippen molar-refractivity contribution in [3.8, 4) is 0 Å². The van der Waals surface area contributed by atoms with Crippen LogP contribution in [0.3, 0.4) is 0 Å². The molecule has 3 N–H and O–H groups in total. The van der Waals surface area contributed by atoms with E-state index in [1.165, 1.54) is 12.1 Å². The molecule has 0 aliphatic carbocycles. The van der Waals surface area contributed by atoms with Crippen LogP contribution in [0, 0.1) is 11.6 Å². The van der Waals surface area contributed by atoms with Crippen LogP contribution in [0.25, 0.3) is 0 Å². The second kappa shape index (κ2) is 11.0. The Kier molecular flexibility index (Phi) is 9.67. The molecule has 1 unspecified atom stereocenters. The van der Waals surface area contributed by atoms with Crippen molar-refractivity contribution in [3.63, 3.8) is 0 Å². The van der Waals surface area contributed by atoms with Gasteiger partial charge in [0.25, 0.3) is 0 Å². The average Bonchev–Trinajstić information content (AvgIpc) is 3.05. The number of sulfonamides is 1. The number of aliphatic imine (C=N–C) groups is 1. The van der Waals surface area contributed by atoms with Crippen molar-refractivity contribution in [2.75, 3.05) is 43.9 Å². The van der Waals surface area contributed by atoms with Gasteiger partial charge in [0.2, 0.25) is 10.0 Å². The van der Waals surface area contributed by atoms with E-state index in [0.717, 1.165) is 12.5 Å². The number of hydrogen-bond donors (Lipinski definition) is 3. The minimum Gasteiger partial charge on any atom is -0.367 e. The molecule has 7 nitrogen and oxygen atoms in total. The maximum Gasteiger partial charge on any atom is 0.211 e. The first kappa shape index (κ1) is 23.8. The van der Waals surface area contributed by atoms with Gasteiger partial charge in [0, 0.05) is 45.3 Å². The van der Waals surface area contributed by atoms with Crippen LogP contribution < -0.4 is 20.3 Å². The molecule has 1 fully saturated rings. The molecule has 0 spiro atoms. The molecule has 11 heteroatoms. The van der Waals surface area contributed by atoms with Gasteiger partial charge in [-0.15, -0.1) is 24.0 Å². The maximum absolute atomic E-state index is 13.9. The Balaban J connectivity index is 0.00000364. The number of anilines is 1. The third-order valence-corrected chi connectivity index (χ3v) is 5.53. The smallest absolute Gasteiger partial charge is 0.211 e. The second-order valence-corrected chi connectivity index (χ2v) is 8.06. The van der Waals surface area contributed by atoms with E-state index < -0.39 is 21.7 Å². The minimum absolute atomic E-state index is 0. The zero-order chi connectivity index (χ0) is 19.2. The van der Waals surface area contributed by atoms with Gasteiger partial charge < -0.3 is 15.5 Å². The lowest BCUT2D eigenvalue weighted by Gasteiger charge is -2.21. The van der Waals surface area contributed by atoms with Gasteiger partial charge in [-0.25, -0.2) is 21.9 Å². The molecule has 0 bridgehead atoms. The number of rotatable bonds is 7. The van der Waals surface area contributed by atoms with E-state index in [-0.39, 0.29) is 42.3 Å². The average molecular weight is 517 g/mol. The van der Waals surface area contributed by atoms with Gasteiger partial charge in [0.05, 0.1) is 11.4 Å². The van der Waals surface area contributed by atoms with Crippen molar-refractivity contribution in [1.82, 2.24) is 15.4 Å². The van der Waals surface area contributed by atoms with Crippen LogP contribution in [0.2, 0.25) is 0 Å². The standard InChI is InChI=1S/C16H25F2N5O2S.HI/c1-3-26(24,25)21-8-7-20-16(19-2)22-13-6-9-23(11-13)15-5-4-12(17)10-14(15)18;/h4-5,10,13,21H,3,6-9,11H2,1-2H3,(H2,19,20,22);1H. The van der Waals surface area contributed by atoms with E-state index in [2.05, 4.69) is 20.3 Å². The highest BCUT2D eigenvalue weighted by Gasteiger charge is 2.25. The van der Waals surface area contributed by atoms with Crippen molar-refractivity contribution in [1.29, 1.82) is 0 Å². The highest BCUT2D eigenvalue weighted by atomic mass is 127. The van der Waals surface area contributed by atoms with Crippen LogP contribution in [0.5, 0.6) is 0 Å².